The molecule has 0 atom stereocenters. The van der Waals surface area contributed by atoms with Crippen molar-refractivity contribution in [1.29, 1.82) is 0 Å². The van der Waals surface area contributed by atoms with Gasteiger partial charge < -0.3 is 4.98 Å². The largest absolute Gasteiger partial charge is 2.00 e. The van der Waals surface area contributed by atoms with Gasteiger partial charge in [-0.15, -0.1) is 0 Å². The van der Waals surface area contributed by atoms with Crippen LogP contribution < -0.4 is 0 Å². The first-order valence-electron chi connectivity index (χ1n) is 9.04. The molecule has 28 heavy (non-hydrogen) atoms. The van der Waals surface area contributed by atoms with Gasteiger partial charge in [0, 0.05) is 16.6 Å². The number of H-pyrrole nitrogens is 1. The molecule has 0 saturated heterocycles. The minimum absolute atomic E-state index is 0. The van der Waals surface area contributed by atoms with Crippen molar-refractivity contribution in [2.45, 2.75) is 6.42 Å². The summed E-state index contributed by atoms with van der Waals surface area (Å²) in [4.78, 5) is 3.49. The van der Waals surface area contributed by atoms with Crippen LogP contribution in [-0.2, 0) is 23.5 Å². The smallest absolute Gasteiger partial charge is 0.354 e. The average molecular weight is 409 g/mol. The molecule has 2 fully saturated rings. The maximum absolute atomic E-state index is 13.2. The number of fused-ring (bicyclic) bond motifs is 1. The van der Waals surface area contributed by atoms with Crippen molar-refractivity contribution >= 4 is 10.9 Å². The summed E-state index contributed by atoms with van der Waals surface area (Å²) in [5, 5.41) is 1.23. The second-order valence-electron chi connectivity index (χ2n) is 6.46. The van der Waals surface area contributed by atoms with Gasteiger partial charge in [-0.2, -0.15) is 0 Å². The van der Waals surface area contributed by atoms with Crippen LogP contribution in [0.15, 0.2) is 48.5 Å². The molecule has 0 spiro atoms. The predicted octanol–water partition coefficient (Wildman–Crippen LogP) is 5.94. The van der Waals surface area contributed by atoms with Crippen molar-refractivity contribution in [1.82, 2.24) is 4.98 Å². The van der Waals surface area contributed by atoms with E-state index in [0.29, 0.717) is 0 Å². The minimum Gasteiger partial charge on any atom is -0.354 e. The van der Waals surface area contributed by atoms with E-state index in [2.05, 4.69) is 48.9 Å². The Hall–Kier alpha value is -1.57. The fourth-order valence-corrected chi connectivity index (χ4v) is 3.30. The molecule has 1 aromatic heterocycles. The monoisotopic (exact) mass is 409 g/mol. The molecule has 3 aromatic rings. The summed E-state index contributed by atoms with van der Waals surface area (Å²) in [5.74, 6) is 1.07. The summed E-state index contributed by atoms with van der Waals surface area (Å²) in [7, 11) is 0. The Bertz CT molecular complexity index is 850. The van der Waals surface area contributed by atoms with Crippen molar-refractivity contribution in [3.8, 4) is 11.3 Å². The molecule has 138 valence electrons. The summed E-state index contributed by atoms with van der Waals surface area (Å²) in [6.07, 6.45) is 19.2. The molecule has 1 nitrogen and oxygen atoms in total. The van der Waals surface area contributed by atoms with Crippen molar-refractivity contribution in [3.63, 3.8) is 0 Å². The van der Waals surface area contributed by atoms with Crippen molar-refractivity contribution in [2.24, 2.45) is 0 Å². The summed E-state index contributed by atoms with van der Waals surface area (Å²) in [5.41, 5.74) is 4.46. The van der Waals surface area contributed by atoms with Crippen LogP contribution in [0.5, 0.6) is 0 Å². The zero-order valence-corrected chi connectivity index (χ0v) is 16.4. The number of halogens is 1. The van der Waals surface area contributed by atoms with Crippen molar-refractivity contribution < 1.29 is 21.5 Å². The quantitative estimate of drug-likeness (QED) is 0.516. The van der Waals surface area contributed by atoms with E-state index < -0.39 is 0 Å². The Morgan fingerprint density at radius 1 is 0.714 bits per heavy atom. The number of para-hydroxylation sites is 1. The molecule has 0 bridgehead atoms. The molecular weight excluding hydrogens is 389 g/mol. The standard InChI is InChI=1S/C20H15FN.C5H5.Fe/c21-16-11-9-15(10-12-16)20-18(13-14-5-1-2-6-14)17-7-3-4-8-19(17)22-20;1-2-4-5-3-1;/h1-12,22H,13H2;1-5H;/q;;+2. The fraction of sp³-hybridized carbons (Fsp3) is 0.0400. The van der Waals surface area contributed by atoms with Gasteiger partial charge in [0.05, 0.1) is 0 Å². The second-order valence-corrected chi connectivity index (χ2v) is 6.46. The van der Waals surface area contributed by atoms with E-state index in [1.165, 1.54) is 29.0 Å². The number of aromatic amines is 1. The maximum atomic E-state index is 13.2. The Balaban J connectivity index is 0.000000329. The van der Waals surface area contributed by atoms with E-state index in [0.717, 1.165) is 23.2 Å². The van der Waals surface area contributed by atoms with E-state index in [4.69, 9.17) is 0 Å². The SMILES string of the molecule is Fc1ccc(-c2[nH]c3ccccc3c2C[C]2[CH][CH][CH][CH]2)cc1.[CH]1[CH][CH][CH][CH]1.[Fe+2]. The maximum Gasteiger partial charge on any atom is 2.00 e. The van der Waals surface area contributed by atoms with Crippen LogP contribution in [0.1, 0.15) is 5.56 Å². The molecule has 2 aromatic carbocycles. The van der Waals surface area contributed by atoms with Crippen LogP contribution in [0, 0.1) is 69.5 Å². The number of benzene rings is 2. The van der Waals surface area contributed by atoms with Crippen LogP contribution in [0.2, 0.25) is 0 Å². The first kappa shape index (κ1) is 21.1. The number of hydrogen-bond donors (Lipinski definition) is 1. The molecule has 0 amide bonds. The van der Waals surface area contributed by atoms with Gasteiger partial charge >= 0.3 is 17.1 Å². The summed E-state index contributed by atoms with van der Waals surface area (Å²) < 4.78 is 13.2. The van der Waals surface area contributed by atoms with E-state index in [1.54, 1.807) is 0 Å². The normalized spacial score (nSPS) is 16.6. The molecule has 0 aliphatic heterocycles. The first-order valence-corrected chi connectivity index (χ1v) is 9.04. The fourth-order valence-electron chi connectivity index (χ4n) is 3.30. The van der Waals surface area contributed by atoms with Gasteiger partial charge in [0.1, 0.15) is 5.82 Å². The molecule has 3 heteroatoms. The Morgan fingerprint density at radius 2 is 1.32 bits per heavy atom. The number of aromatic nitrogens is 1. The topological polar surface area (TPSA) is 15.8 Å². The molecule has 0 unspecified atom stereocenters. The van der Waals surface area contributed by atoms with Gasteiger partial charge in [-0.05, 0) is 112 Å². The molecule has 1 N–H and O–H groups in total. The first-order chi connectivity index (χ1) is 13.3. The van der Waals surface area contributed by atoms with Crippen LogP contribution in [0.3, 0.4) is 0 Å². The minimum atomic E-state index is -0.211. The van der Waals surface area contributed by atoms with Gasteiger partial charge in [0.15, 0.2) is 0 Å². The molecule has 2 aliphatic rings. The molecular formula is C25H20FFeN+2. The third kappa shape index (κ3) is 5.07. The van der Waals surface area contributed by atoms with Crippen LogP contribution in [0.25, 0.3) is 22.2 Å². The number of hydrogen-bond acceptors (Lipinski definition) is 0. The zero-order valence-electron chi connectivity index (χ0n) is 15.3. The number of rotatable bonds is 3. The predicted molar refractivity (Wildman–Crippen MR) is 109 cm³/mol. The van der Waals surface area contributed by atoms with Crippen LogP contribution >= 0.6 is 0 Å². The molecule has 1 heterocycles. The average Bonchev–Trinajstić information content (AvgIpc) is 3.47. The van der Waals surface area contributed by atoms with Gasteiger partial charge in [-0.1, -0.05) is 18.2 Å². The summed E-state index contributed by atoms with van der Waals surface area (Å²) in [6.45, 7) is 0. The van der Waals surface area contributed by atoms with Crippen LogP contribution in [0.4, 0.5) is 4.39 Å². The number of nitrogens with one attached hydrogen (secondary N) is 1. The van der Waals surface area contributed by atoms with E-state index >= 15 is 0 Å². The van der Waals surface area contributed by atoms with Crippen molar-refractivity contribution in [3.05, 3.63) is 124 Å². The third-order valence-electron chi connectivity index (χ3n) is 4.61. The van der Waals surface area contributed by atoms with E-state index in [9.17, 15) is 4.39 Å². The summed E-state index contributed by atoms with van der Waals surface area (Å²) >= 11 is 0. The summed E-state index contributed by atoms with van der Waals surface area (Å²) in [6, 6.07) is 15.0. The van der Waals surface area contributed by atoms with E-state index in [1.807, 2.05) is 50.3 Å². The van der Waals surface area contributed by atoms with Gasteiger partial charge in [-0.25, -0.2) is 4.39 Å². The zero-order chi connectivity index (χ0) is 18.5. The second kappa shape index (κ2) is 10.3. The van der Waals surface area contributed by atoms with Gasteiger partial charge in [-0.3, -0.25) is 0 Å². The van der Waals surface area contributed by atoms with Crippen LogP contribution in [-0.4, -0.2) is 4.98 Å². The van der Waals surface area contributed by atoms with Gasteiger partial charge in [0.2, 0.25) is 0 Å². The third-order valence-corrected chi connectivity index (χ3v) is 4.61. The molecule has 10 radical (unpaired) electrons. The Morgan fingerprint density at radius 3 is 1.96 bits per heavy atom. The molecule has 2 saturated carbocycles. The molecule has 2 aliphatic carbocycles. The van der Waals surface area contributed by atoms with Gasteiger partial charge in [0.25, 0.3) is 0 Å². The Labute approximate surface area is 178 Å². The Kier molecular flexibility index (Phi) is 7.76. The van der Waals surface area contributed by atoms with Crippen molar-refractivity contribution in [2.75, 3.05) is 0 Å². The van der Waals surface area contributed by atoms with E-state index in [-0.39, 0.29) is 22.9 Å². The molecule has 5 rings (SSSR count).